The molecule has 0 radical (unpaired) electrons. The van der Waals surface area contributed by atoms with Crippen LogP contribution in [0.5, 0.6) is 11.5 Å². The number of anilines is 1. The number of hydrogen-bond donors (Lipinski definition) is 0. The van der Waals surface area contributed by atoms with Crippen molar-refractivity contribution in [2.45, 2.75) is 12.8 Å². The first-order valence-corrected chi connectivity index (χ1v) is 8.34. The van der Waals surface area contributed by atoms with Gasteiger partial charge in [0.05, 0.1) is 18.1 Å². The molecule has 4 nitrogen and oxygen atoms in total. The summed E-state index contributed by atoms with van der Waals surface area (Å²) in [6.07, 6.45) is 6.33. The Morgan fingerprint density at radius 1 is 1.00 bits per heavy atom. The van der Waals surface area contributed by atoms with E-state index in [0.717, 1.165) is 24.6 Å². The summed E-state index contributed by atoms with van der Waals surface area (Å²) >= 11 is 0. The summed E-state index contributed by atoms with van der Waals surface area (Å²) < 4.78 is 5.92. The van der Waals surface area contributed by atoms with E-state index in [4.69, 9.17) is 4.74 Å². The number of pyridine rings is 1. The lowest BCUT2D eigenvalue weighted by Gasteiger charge is -2.25. The molecule has 1 spiro atoms. The van der Waals surface area contributed by atoms with Gasteiger partial charge in [0.2, 0.25) is 0 Å². The molecule has 4 heteroatoms. The summed E-state index contributed by atoms with van der Waals surface area (Å²) in [5.41, 5.74) is 1.65. The number of likely N-dealkylation sites (tertiary alicyclic amines) is 1. The maximum Gasteiger partial charge on any atom is 0.147 e. The number of para-hydroxylation sites is 1. The van der Waals surface area contributed by atoms with E-state index in [1.165, 1.54) is 31.6 Å². The Bertz CT molecular complexity index is 675. The zero-order valence-electron chi connectivity index (χ0n) is 13.6. The van der Waals surface area contributed by atoms with Gasteiger partial charge in [0, 0.05) is 31.1 Å². The lowest BCUT2D eigenvalue weighted by atomic mass is 9.86. The Balaban J connectivity index is 1.49. The van der Waals surface area contributed by atoms with Crippen LogP contribution in [0.1, 0.15) is 12.8 Å². The minimum atomic E-state index is 0.477. The summed E-state index contributed by atoms with van der Waals surface area (Å²) in [5.74, 6) is 1.65. The topological polar surface area (TPSA) is 28.6 Å². The highest BCUT2D eigenvalue weighted by atomic mass is 16.5. The van der Waals surface area contributed by atoms with Crippen LogP contribution < -0.4 is 9.64 Å². The van der Waals surface area contributed by atoms with Gasteiger partial charge in [0.1, 0.15) is 11.5 Å². The number of benzene rings is 1. The summed E-state index contributed by atoms with van der Waals surface area (Å²) in [6, 6.07) is 12.0. The predicted octanol–water partition coefficient (Wildman–Crippen LogP) is 3.41. The predicted molar refractivity (Wildman–Crippen MR) is 92.1 cm³/mol. The van der Waals surface area contributed by atoms with Crippen LogP contribution in [-0.2, 0) is 0 Å². The fourth-order valence-electron chi connectivity index (χ4n) is 3.91. The molecule has 3 heterocycles. The van der Waals surface area contributed by atoms with Gasteiger partial charge in [-0.2, -0.15) is 0 Å². The third kappa shape index (κ3) is 3.04. The van der Waals surface area contributed by atoms with E-state index in [1.54, 1.807) is 6.20 Å². The van der Waals surface area contributed by atoms with Crippen molar-refractivity contribution in [3.05, 3.63) is 48.8 Å². The summed E-state index contributed by atoms with van der Waals surface area (Å²) in [7, 11) is 2.23. The quantitative estimate of drug-likeness (QED) is 0.869. The van der Waals surface area contributed by atoms with Crippen LogP contribution >= 0.6 is 0 Å². The molecule has 0 amide bonds. The van der Waals surface area contributed by atoms with Gasteiger partial charge in [-0.25, -0.2) is 0 Å². The van der Waals surface area contributed by atoms with Gasteiger partial charge in [-0.1, -0.05) is 18.2 Å². The molecule has 2 aliphatic heterocycles. The number of aromatic nitrogens is 1. The largest absolute Gasteiger partial charge is 0.456 e. The minimum absolute atomic E-state index is 0.477. The van der Waals surface area contributed by atoms with E-state index < -0.39 is 0 Å². The van der Waals surface area contributed by atoms with E-state index in [2.05, 4.69) is 27.9 Å². The van der Waals surface area contributed by atoms with Gasteiger partial charge in [0.15, 0.2) is 0 Å². The van der Waals surface area contributed by atoms with Crippen molar-refractivity contribution in [3.8, 4) is 11.5 Å². The molecule has 2 saturated heterocycles. The second-order valence-corrected chi connectivity index (χ2v) is 6.95. The molecule has 1 aromatic carbocycles. The number of ether oxygens (including phenoxy) is 1. The van der Waals surface area contributed by atoms with Crippen LogP contribution in [0.3, 0.4) is 0 Å². The van der Waals surface area contributed by atoms with Crippen LogP contribution in [0.2, 0.25) is 0 Å². The molecule has 2 aromatic rings. The first kappa shape index (κ1) is 14.5. The normalized spacial score (nSPS) is 24.5. The Labute approximate surface area is 137 Å². The maximum absolute atomic E-state index is 5.92. The van der Waals surface area contributed by atoms with E-state index in [-0.39, 0.29) is 0 Å². The average Bonchev–Trinajstić information content (AvgIpc) is 3.15. The maximum atomic E-state index is 5.92. The van der Waals surface area contributed by atoms with Crippen LogP contribution in [0, 0.1) is 5.41 Å². The fraction of sp³-hybridized carbons (Fsp3) is 0.421. The first-order valence-electron chi connectivity index (χ1n) is 8.34. The molecule has 0 N–H and O–H groups in total. The summed E-state index contributed by atoms with van der Waals surface area (Å²) in [4.78, 5) is 9.30. The Morgan fingerprint density at radius 3 is 2.61 bits per heavy atom. The third-order valence-electron chi connectivity index (χ3n) is 5.11. The molecule has 1 atom stereocenters. The van der Waals surface area contributed by atoms with E-state index >= 15 is 0 Å². The fourth-order valence-corrected chi connectivity index (χ4v) is 3.91. The molecule has 2 fully saturated rings. The van der Waals surface area contributed by atoms with E-state index in [1.807, 2.05) is 36.5 Å². The van der Waals surface area contributed by atoms with Crippen LogP contribution in [0.15, 0.2) is 48.8 Å². The SMILES string of the molecule is CN1CCC2(CCN(c3cncc(Oc4ccccc4)c3)C2)C1. The molecule has 1 aromatic heterocycles. The van der Waals surface area contributed by atoms with Crippen LogP contribution in [-0.4, -0.2) is 43.1 Å². The zero-order valence-corrected chi connectivity index (χ0v) is 13.6. The van der Waals surface area contributed by atoms with Crippen molar-refractivity contribution in [1.29, 1.82) is 0 Å². The number of nitrogens with zero attached hydrogens (tertiary/aromatic N) is 3. The third-order valence-corrected chi connectivity index (χ3v) is 5.11. The Kier molecular flexibility index (Phi) is 3.69. The molecule has 4 rings (SSSR count). The van der Waals surface area contributed by atoms with Crippen LogP contribution in [0.25, 0.3) is 0 Å². The summed E-state index contributed by atoms with van der Waals surface area (Å²) in [5, 5.41) is 0. The number of rotatable bonds is 3. The standard InChI is InChI=1S/C19H23N3O/c1-21-9-7-19(14-21)8-10-22(15-19)16-11-18(13-20-12-16)23-17-5-3-2-4-6-17/h2-6,11-13H,7-10,14-15H2,1H3. The van der Waals surface area contributed by atoms with Crippen molar-refractivity contribution in [3.63, 3.8) is 0 Å². The zero-order chi connectivity index (χ0) is 15.7. The van der Waals surface area contributed by atoms with E-state index in [9.17, 15) is 0 Å². The Morgan fingerprint density at radius 2 is 1.83 bits per heavy atom. The van der Waals surface area contributed by atoms with Gasteiger partial charge in [0.25, 0.3) is 0 Å². The first-order chi connectivity index (χ1) is 11.2. The van der Waals surface area contributed by atoms with Crippen molar-refractivity contribution in [2.75, 3.05) is 38.1 Å². The highest BCUT2D eigenvalue weighted by molar-refractivity contribution is 5.50. The molecule has 1 unspecified atom stereocenters. The highest BCUT2D eigenvalue weighted by Gasteiger charge is 2.42. The lowest BCUT2D eigenvalue weighted by molar-refractivity contribution is 0.312. The molecule has 120 valence electrons. The Hall–Kier alpha value is -2.07. The van der Waals surface area contributed by atoms with Crippen molar-refractivity contribution in [2.24, 2.45) is 5.41 Å². The van der Waals surface area contributed by atoms with Gasteiger partial charge in [-0.05, 0) is 38.6 Å². The number of hydrogen-bond acceptors (Lipinski definition) is 4. The van der Waals surface area contributed by atoms with Crippen molar-refractivity contribution in [1.82, 2.24) is 9.88 Å². The van der Waals surface area contributed by atoms with Crippen molar-refractivity contribution >= 4 is 5.69 Å². The smallest absolute Gasteiger partial charge is 0.147 e. The minimum Gasteiger partial charge on any atom is -0.456 e. The highest BCUT2D eigenvalue weighted by Crippen LogP contribution is 2.41. The van der Waals surface area contributed by atoms with E-state index in [0.29, 0.717) is 5.41 Å². The molecular weight excluding hydrogens is 286 g/mol. The second-order valence-electron chi connectivity index (χ2n) is 6.95. The molecule has 0 bridgehead atoms. The van der Waals surface area contributed by atoms with Crippen LogP contribution in [0.4, 0.5) is 5.69 Å². The molecule has 0 aliphatic carbocycles. The van der Waals surface area contributed by atoms with Crippen molar-refractivity contribution < 1.29 is 4.74 Å². The second kappa shape index (κ2) is 5.85. The molecule has 23 heavy (non-hydrogen) atoms. The molecular formula is C19H23N3O. The molecule has 2 aliphatic rings. The summed E-state index contributed by atoms with van der Waals surface area (Å²) in [6.45, 7) is 4.69. The van der Waals surface area contributed by atoms with Gasteiger partial charge < -0.3 is 14.5 Å². The van der Waals surface area contributed by atoms with Gasteiger partial charge in [-0.3, -0.25) is 4.98 Å². The lowest BCUT2D eigenvalue weighted by Crippen LogP contribution is -2.29. The molecule has 0 saturated carbocycles. The van der Waals surface area contributed by atoms with Gasteiger partial charge in [-0.15, -0.1) is 0 Å². The monoisotopic (exact) mass is 309 g/mol. The average molecular weight is 309 g/mol. The van der Waals surface area contributed by atoms with Gasteiger partial charge >= 0.3 is 0 Å².